The van der Waals surface area contributed by atoms with E-state index in [-0.39, 0.29) is 24.4 Å². The summed E-state index contributed by atoms with van der Waals surface area (Å²) in [5.74, 6) is -0.136. The van der Waals surface area contributed by atoms with E-state index in [9.17, 15) is 4.79 Å². The van der Waals surface area contributed by atoms with Gasteiger partial charge in [-0.25, -0.2) is 0 Å². The number of carbonyl (C=O) groups excluding carboxylic acids is 1. The molecule has 3 N–H and O–H groups in total. The quantitative estimate of drug-likeness (QED) is 0.799. The van der Waals surface area contributed by atoms with Crippen LogP contribution in [0.5, 0.6) is 0 Å². The number of nitrogens with two attached hydrogens (primary N) is 1. The van der Waals surface area contributed by atoms with Gasteiger partial charge in [-0.2, -0.15) is 4.80 Å². The molecular formula is C11H14N6O. The summed E-state index contributed by atoms with van der Waals surface area (Å²) in [5.41, 5.74) is 6.35. The lowest BCUT2D eigenvalue weighted by Crippen LogP contribution is -2.30. The predicted octanol–water partition coefficient (Wildman–Crippen LogP) is 0.133. The Hall–Kier alpha value is -2.44. The van der Waals surface area contributed by atoms with Crippen LogP contribution in [0.15, 0.2) is 30.3 Å². The van der Waals surface area contributed by atoms with Gasteiger partial charge in [-0.1, -0.05) is 35.4 Å². The molecule has 0 radical (unpaired) electrons. The van der Waals surface area contributed by atoms with Gasteiger partial charge in [0.2, 0.25) is 5.91 Å². The van der Waals surface area contributed by atoms with Crippen LogP contribution in [0.2, 0.25) is 0 Å². The average molecular weight is 246 g/mol. The molecule has 94 valence electrons. The third-order valence-corrected chi connectivity index (χ3v) is 2.43. The largest absolute Gasteiger partial charge is 0.365 e. The van der Waals surface area contributed by atoms with Gasteiger partial charge in [-0.3, -0.25) is 4.79 Å². The molecule has 0 fully saturated rings. The maximum Gasteiger partial charge on any atom is 0.260 e. The number of benzene rings is 1. The first-order valence-corrected chi connectivity index (χ1v) is 5.53. The van der Waals surface area contributed by atoms with Gasteiger partial charge < -0.3 is 11.1 Å². The molecule has 0 bridgehead atoms. The van der Waals surface area contributed by atoms with E-state index in [4.69, 9.17) is 5.73 Å². The van der Waals surface area contributed by atoms with Crippen LogP contribution in [0.1, 0.15) is 18.5 Å². The molecule has 1 heterocycles. The van der Waals surface area contributed by atoms with Gasteiger partial charge >= 0.3 is 0 Å². The van der Waals surface area contributed by atoms with E-state index < -0.39 is 0 Å². The second-order valence-corrected chi connectivity index (χ2v) is 3.88. The van der Waals surface area contributed by atoms with E-state index in [0.29, 0.717) is 0 Å². The van der Waals surface area contributed by atoms with Crippen molar-refractivity contribution in [1.29, 1.82) is 0 Å². The zero-order chi connectivity index (χ0) is 13.0. The molecule has 0 aliphatic carbocycles. The number of nitrogens with zero attached hydrogens (tertiary/aromatic N) is 4. The van der Waals surface area contributed by atoms with Crippen LogP contribution >= 0.6 is 0 Å². The lowest BCUT2D eigenvalue weighted by molar-refractivity contribution is -0.122. The lowest BCUT2D eigenvalue weighted by atomic mass is 10.1. The van der Waals surface area contributed by atoms with Crippen LogP contribution in [0.25, 0.3) is 0 Å². The van der Waals surface area contributed by atoms with Gasteiger partial charge in [0, 0.05) is 0 Å². The number of rotatable bonds is 4. The molecule has 1 aromatic carbocycles. The van der Waals surface area contributed by atoms with Crippen molar-refractivity contribution >= 4 is 11.9 Å². The fraction of sp³-hybridized carbons (Fsp3) is 0.273. The summed E-state index contributed by atoms with van der Waals surface area (Å²) >= 11 is 0. The Morgan fingerprint density at radius 3 is 2.78 bits per heavy atom. The van der Waals surface area contributed by atoms with Gasteiger partial charge in [-0.05, 0) is 17.7 Å². The van der Waals surface area contributed by atoms with Crippen molar-refractivity contribution in [1.82, 2.24) is 25.5 Å². The lowest BCUT2D eigenvalue weighted by Gasteiger charge is -2.13. The van der Waals surface area contributed by atoms with E-state index in [1.165, 1.54) is 0 Å². The Balaban J connectivity index is 1.92. The molecule has 0 saturated carbocycles. The molecule has 0 aliphatic heterocycles. The van der Waals surface area contributed by atoms with E-state index in [2.05, 4.69) is 20.7 Å². The normalized spacial score (nSPS) is 12.1. The van der Waals surface area contributed by atoms with Crippen LogP contribution < -0.4 is 11.1 Å². The van der Waals surface area contributed by atoms with Crippen LogP contribution in [0.4, 0.5) is 5.95 Å². The van der Waals surface area contributed by atoms with Gasteiger partial charge in [0.25, 0.3) is 5.95 Å². The second kappa shape index (κ2) is 5.26. The summed E-state index contributed by atoms with van der Waals surface area (Å²) in [5, 5.41) is 13.7. The topological polar surface area (TPSA) is 98.7 Å². The smallest absolute Gasteiger partial charge is 0.260 e. The first-order chi connectivity index (χ1) is 8.65. The summed E-state index contributed by atoms with van der Waals surface area (Å²) in [4.78, 5) is 12.9. The number of tetrazole rings is 1. The van der Waals surface area contributed by atoms with Crippen molar-refractivity contribution in [2.24, 2.45) is 0 Å². The van der Waals surface area contributed by atoms with Crippen molar-refractivity contribution in [2.45, 2.75) is 19.5 Å². The molecule has 7 nitrogen and oxygen atoms in total. The van der Waals surface area contributed by atoms with Crippen molar-refractivity contribution in [3.63, 3.8) is 0 Å². The predicted molar refractivity (Wildman–Crippen MR) is 65.2 cm³/mol. The average Bonchev–Trinajstić information content (AvgIpc) is 2.75. The summed E-state index contributed by atoms with van der Waals surface area (Å²) in [6.45, 7) is 1.91. The van der Waals surface area contributed by atoms with Crippen LogP contribution in [-0.4, -0.2) is 26.1 Å². The van der Waals surface area contributed by atoms with E-state index in [1.54, 1.807) is 0 Å². The molecule has 1 unspecified atom stereocenters. The SMILES string of the molecule is CC(NC(=O)Cn1nnc(N)n1)c1ccccc1. The van der Waals surface area contributed by atoms with Crippen LogP contribution in [0, 0.1) is 0 Å². The van der Waals surface area contributed by atoms with Crippen molar-refractivity contribution in [2.75, 3.05) is 5.73 Å². The highest BCUT2D eigenvalue weighted by Crippen LogP contribution is 2.10. The molecule has 0 aliphatic rings. The number of anilines is 1. The number of carbonyl (C=O) groups is 1. The minimum Gasteiger partial charge on any atom is -0.365 e. The van der Waals surface area contributed by atoms with E-state index in [0.717, 1.165) is 10.4 Å². The van der Waals surface area contributed by atoms with E-state index in [1.807, 2.05) is 37.3 Å². The maximum absolute atomic E-state index is 11.7. The van der Waals surface area contributed by atoms with Crippen molar-refractivity contribution in [3.8, 4) is 0 Å². The molecule has 18 heavy (non-hydrogen) atoms. The summed E-state index contributed by atoms with van der Waals surface area (Å²) in [6, 6.07) is 9.63. The summed E-state index contributed by atoms with van der Waals surface area (Å²) in [7, 11) is 0. The Kier molecular flexibility index (Phi) is 3.52. The number of nitrogens with one attached hydrogen (secondary N) is 1. The Bertz CT molecular complexity index is 523. The van der Waals surface area contributed by atoms with E-state index >= 15 is 0 Å². The highest BCUT2D eigenvalue weighted by Gasteiger charge is 2.10. The molecule has 2 aromatic rings. The number of hydrogen-bond acceptors (Lipinski definition) is 5. The molecule has 1 atom stereocenters. The molecule has 0 spiro atoms. The number of aromatic nitrogens is 4. The molecule has 2 rings (SSSR count). The third-order valence-electron chi connectivity index (χ3n) is 2.43. The van der Waals surface area contributed by atoms with Crippen LogP contribution in [-0.2, 0) is 11.3 Å². The first-order valence-electron chi connectivity index (χ1n) is 5.53. The Morgan fingerprint density at radius 2 is 2.17 bits per heavy atom. The second-order valence-electron chi connectivity index (χ2n) is 3.88. The third kappa shape index (κ3) is 3.03. The highest BCUT2D eigenvalue weighted by atomic mass is 16.2. The maximum atomic E-state index is 11.7. The minimum atomic E-state index is -0.191. The fourth-order valence-electron chi connectivity index (χ4n) is 1.56. The summed E-state index contributed by atoms with van der Waals surface area (Å²) in [6.07, 6.45) is 0. The fourth-order valence-corrected chi connectivity index (χ4v) is 1.56. The monoisotopic (exact) mass is 246 g/mol. The Morgan fingerprint density at radius 1 is 1.44 bits per heavy atom. The molecule has 7 heteroatoms. The molecule has 0 saturated heterocycles. The Labute approximate surface area is 104 Å². The summed E-state index contributed by atoms with van der Waals surface area (Å²) < 4.78 is 0. The number of amides is 1. The standard InChI is InChI=1S/C11H14N6O/c1-8(9-5-3-2-4-6-9)13-10(18)7-17-15-11(12)14-16-17/h2-6,8H,7H2,1H3,(H2,12,15)(H,13,18). The minimum absolute atomic E-state index is 0.00136. The molecular weight excluding hydrogens is 232 g/mol. The van der Waals surface area contributed by atoms with Crippen LogP contribution in [0.3, 0.4) is 0 Å². The van der Waals surface area contributed by atoms with Gasteiger partial charge in [0.05, 0.1) is 6.04 Å². The number of nitrogen functional groups attached to an aromatic ring is 1. The highest BCUT2D eigenvalue weighted by molar-refractivity contribution is 5.76. The molecule has 1 aromatic heterocycles. The first kappa shape index (κ1) is 12.0. The van der Waals surface area contributed by atoms with Gasteiger partial charge in [0.15, 0.2) is 0 Å². The zero-order valence-corrected chi connectivity index (χ0v) is 9.95. The number of hydrogen-bond donors (Lipinski definition) is 2. The zero-order valence-electron chi connectivity index (χ0n) is 9.95. The van der Waals surface area contributed by atoms with Crippen molar-refractivity contribution in [3.05, 3.63) is 35.9 Å². The van der Waals surface area contributed by atoms with Gasteiger partial charge in [0.1, 0.15) is 6.54 Å². The van der Waals surface area contributed by atoms with Gasteiger partial charge in [-0.15, -0.1) is 5.10 Å². The van der Waals surface area contributed by atoms with Crippen molar-refractivity contribution < 1.29 is 4.79 Å². The molecule has 1 amide bonds.